The molecule has 1 aliphatic heterocycles. The Bertz CT molecular complexity index is 130. The minimum Gasteiger partial charge on any atom is -0.300 e. The zero-order valence-electron chi connectivity index (χ0n) is 6.14. The average Bonchev–Trinajstić information content (AvgIpc) is 2.38. The van der Waals surface area contributed by atoms with E-state index in [4.69, 9.17) is 11.6 Å². The van der Waals surface area contributed by atoms with Crippen LogP contribution in [-0.2, 0) is 4.79 Å². The molecule has 0 amide bonds. The van der Waals surface area contributed by atoms with E-state index < -0.39 is 5.00 Å². The molecule has 1 saturated heterocycles. The molecule has 0 bridgehead atoms. The number of likely N-dealkylation sites (tertiary alicyclic amines) is 1. The van der Waals surface area contributed by atoms with Gasteiger partial charge in [0, 0.05) is 13.1 Å². The maximum Gasteiger partial charge on any atom is 0.155 e. The number of carbonyl (C=O) groups excluding carboxylic acids is 1. The molecule has 3 heteroatoms. The number of nitrogens with zero attached hydrogens (tertiary/aromatic N) is 1. The lowest BCUT2D eigenvalue weighted by Crippen LogP contribution is -2.40. The molecule has 1 aliphatic rings. The summed E-state index contributed by atoms with van der Waals surface area (Å²) in [7, 11) is 0. The Morgan fingerprint density at radius 3 is 2.40 bits per heavy atom. The van der Waals surface area contributed by atoms with Gasteiger partial charge in [-0.05, 0) is 19.8 Å². The quantitative estimate of drug-likeness (QED) is 0.345. The van der Waals surface area contributed by atoms with Gasteiger partial charge in [0.1, 0.15) is 5.00 Å². The summed E-state index contributed by atoms with van der Waals surface area (Å²) in [5.74, 6) is 0. The number of alkyl halides is 1. The Hall–Kier alpha value is -0.0800. The van der Waals surface area contributed by atoms with E-state index in [9.17, 15) is 4.79 Å². The molecule has 1 fully saturated rings. The first kappa shape index (κ1) is 8.02. The maximum atomic E-state index is 10.4. The van der Waals surface area contributed by atoms with Crippen LogP contribution in [0.1, 0.15) is 19.8 Å². The van der Waals surface area contributed by atoms with Crippen molar-refractivity contribution in [2.75, 3.05) is 13.1 Å². The summed E-state index contributed by atoms with van der Waals surface area (Å²) in [5, 5.41) is 0. The molecule has 0 aliphatic carbocycles. The highest BCUT2D eigenvalue weighted by Gasteiger charge is 2.30. The molecule has 0 spiro atoms. The normalized spacial score (nSPS) is 26.2. The van der Waals surface area contributed by atoms with Crippen molar-refractivity contribution in [2.45, 2.75) is 24.8 Å². The molecule has 1 rings (SSSR count). The minimum atomic E-state index is -0.753. The van der Waals surface area contributed by atoms with Crippen LogP contribution in [0, 0.1) is 0 Å². The fourth-order valence-corrected chi connectivity index (χ4v) is 1.40. The molecule has 0 aromatic rings. The van der Waals surface area contributed by atoms with Crippen LogP contribution in [0.15, 0.2) is 0 Å². The van der Waals surface area contributed by atoms with E-state index in [0.29, 0.717) is 0 Å². The van der Waals surface area contributed by atoms with Gasteiger partial charge in [-0.15, -0.1) is 0 Å². The number of hydrogen-bond donors (Lipinski definition) is 0. The summed E-state index contributed by atoms with van der Waals surface area (Å²) in [6.07, 6.45) is 3.13. The number of halogens is 1. The third-order valence-corrected chi connectivity index (χ3v) is 2.27. The molecule has 0 saturated carbocycles. The lowest BCUT2D eigenvalue weighted by molar-refractivity contribution is -0.113. The van der Waals surface area contributed by atoms with Crippen LogP contribution in [0.3, 0.4) is 0 Å². The molecule has 0 N–H and O–H groups in total. The minimum absolute atomic E-state index is 0.753. The standard InChI is InChI=1S/C7H12ClNO/c1-7(8,6-10)9-4-2-3-5-9/h6H,2-5H2,1H3. The Labute approximate surface area is 66.1 Å². The average molecular weight is 162 g/mol. The fourth-order valence-electron chi connectivity index (χ4n) is 1.23. The van der Waals surface area contributed by atoms with Crippen LogP contribution in [0.2, 0.25) is 0 Å². The SMILES string of the molecule is CC(Cl)(C=O)N1CCCC1. The smallest absolute Gasteiger partial charge is 0.155 e. The molecule has 0 radical (unpaired) electrons. The molecular formula is C7H12ClNO. The van der Waals surface area contributed by atoms with E-state index in [1.165, 1.54) is 0 Å². The van der Waals surface area contributed by atoms with Crippen molar-refractivity contribution in [1.82, 2.24) is 4.90 Å². The highest BCUT2D eigenvalue weighted by atomic mass is 35.5. The fraction of sp³-hybridized carbons (Fsp3) is 0.857. The number of hydrogen-bond acceptors (Lipinski definition) is 2. The Morgan fingerprint density at radius 2 is 2.00 bits per heavy atom. The second kappa shape index (κ2) is 2.89. The molecule has 0 aromatic heterocycles. The number of carbonyl (C=O) groups is 1. The van der Waals surface area contributed by atoms with E-state index in [-0.39, 0.29) is 0 Å². The van der Waals surface area contributed by atoms with Gasteiger partial charge in [0.05, 0.1) is 0 Å². The highest BCUT2D eigenvalue weighted by molar-refractivity contribution is 6.30. The number of rotatable bonds is 2. The zero-order valence-corrected chi connectivity index (χ0v) is 6.90. The summed E-state index contributed by atoms with van der Waals surface area (Å²) < 4.78 is 0. The van der Waals surface area contributed by atoms with Crippen molar-refractivity contribution in [2.24, 2.45) is 0 Å². The van der Waals surface area contributed by atoms with Crippen molar-refractivity contribution in [3.63, 3.8) is 0 Å². The van der Waals surface area contributed by atoms with Gasteiger partial charge in [-0.25, -0.2) is 0 Å². The zero-order chi connectivity index (χ0) is 7.61. The summed E-state index contributed by atoms with van der Waals surface area (Å²) in [5.41, 5.74) is 0. The first-order chi connectivity index (χ1) is 4.67. The first-order valence-corrected chi connectivity index (χ1v) is 3.95. The molecule has 58 valence electrons. The predicted octanol–water partition coefficient (Wildman–Crippen LogP) is 1.24. The van der Waals surface area contributed by atoms with Crippen molar-refractivity contribution >= 4 is 17.9 Å². The van der Waals surface area contributed by atoms with E-state index in [1.54, 1.807) is 6.92 Å². The van der Waals surface area contributed by atoms with Gasteiger partial charge in [0.25, 0.3) is 0 Å². The van der Waals surface area contributed by atoms with E-state index >= 15 is 0 Å². The van der Waals surface area contributed by atoms with Crippen LogP contribution in [0.25, 0.3) is 0 Å². The van der Waals surface area contributed by atoms with Gasteiger partial charge in [-0.1, -0.05) is 11.6 Å². The first-order valence-electron chi connectivity index (χ1n) is 3.57. The van der Waals surface area contributed by atoms with Gasteiger partial charge >= 0.3 is 0 Å². The second-order valence-corrected chi connectivity index (χ2v) is 3.60. The van der Waals surface area contributed by atoms with Crippen molar-refractivity contribution in [3.05, 3.63) is 0 Å². The molecule has 10 heavy (non-hydrogen) atoms. The second-order valence-electron chi connectivity index (χ2n) is 2.84. The maximum absolute atomic E-state index is 10.4. The van der Waals surface area contributed by atoms with Crippen LogP contribution in [0.4, 0.5) is 0 Å². The van der Waals surface area contributed by atoms with E-state index in [1.807, 2.05) is 4.90 Å². The van der Waals surface area contributed by atoms with Gasteiger partial charge in [-0.2, -0.15) is 0 Å². The molecule has 2 nitrogen and oxygen atoms in total. The van der Waals surface area contributed by atoms with E-state index in [0.717, 1.165) is 32.2 Å². The van der Waals surface area contributed by atoms with Crippen molar-refractivity contribution in [3.8, 4) is 0 Å². The largest absolute Gasteiger partial charge is 0.300 e. The summed E-state index contributed by atoms with van der Waals surface area (Å²) >= 11 is 5.88. The van der Waals surface area contributed by atoms with E-state index in [2.05, 4.69) is 0 Å². The highest BCUT2D eigenvalue weighted by Crippen LogP contribution is 2.22. The molecule has 0 aromatic carbocycles. The topological polar surface area (TPSA) is 20.3 Å². The lowest BCUT2D eigenvalue weighted by Gasteiger charge is -2.26. The van der Waals surface area contributed by atoms with Crippen molar-refractivity contribution in [1.29, 1.82) is 0 Å². The predicted molar refractivity (Wildman–Crippen MR) is 41.1 cm³/mol. The Kier molecular flexibility index (Phi) is 2.32. The summed E-state index contributed by atoms with van der Waals surface area (Å²) in [6.45, 7) is 3.66. The summed E-state index contributed by atoms with van der Waals surface area (Å²) in [4.78, 5) is 11.7. The lowest BCUT2D eigenvalue weighted by atomic mass is 10.3. The summed E-state index contributed by atoms with van der Waals surface area (Å²) in [6, 6.07) is 0. The monoisotopic (exact) mass is 161 g/mol. The van der Waals surface area contributed by atoms with Crippen molar-refractivity contribution < 1.29 is 4.79 Å². The third-order valence-electron chi connectivity index (χ3n) is 1.94. The van der Waals surface area contributed by atoms with Gasteiger partial charge in [0.2, 0.25) is 0 Å². The van der Waals surface area contributed by atoms with Crippen LogP contribution >= 0.6 is 11.6 Å². The Morgan fingerprint density at radius 1 is 1.50 bits per heavy atom. The van der Waals surface area contributed by atoms with Crippen LogP contribution < -0.4 is 0 Å². The van der Waals surface area contributed by atoms with Gasteiger partial charge in [0.15, 0.2) is 6.29 Å². The molecule has 1 atom stereocenters. The van der Waals surface area contributed by atoms with Crippen LogP contribution in [0.5, 0.6) is 0 Å². The third kappa shape index (κ3) is 1.50. The Balaban J connectivity index is 2.53. The van der Waals surface area contributed by atoms with Gasteiger partial charge < -0.3 is 0 Å². The molecular weight excluding hydrogens is 150 g/mol. The molecule has 1 heterocycles. The molecule has 1 unspecified atom stereocenters. The number of aldehydes is 1. The van der Waals surface area contributed by atoms with Gasteiger partial charge in [-0.3, -0.25) is 9.69 Å². The van der Waals surface area contributed by atoms with Crippen LogP contribution in [-0.4, -0.2) is 29.3 Å².